The van der Waals surface area contributed by atoms with Crippen LogP contribution in [0.3, 0.4) is 0 Å². The van der Waals surface area contributed by atoms with Crippen LogP contribution in [0.1, 0.15) is 36.0 Å². The van der Waals surface area contributed by atoms with Crippen LogP contribution >= 0.6 is 0 Å². The molecule has 0 saturated heterocycles. The van der Waals surface area contributed by atoms with Crippen molar-refractivity contribution in [2.75, 3.05) is 5.73 Å². The zero-order valence-electron chi connectivity index (χ0n) is 9.80. The van der Waals surface area contributed by atoms with Crippen LogP contribution < -0.4 is 5.73 Å². The largest absolute Gasteiger partial charge is 0.459 e. The first kappa shape index (κ1) is 12.3. The van der Waals surface area contributed by atoms with Gasteiger partial charge < -0.3 is 10.5 Å². The number of nitrogens with two attached hydrogens (primary N) is 1. The molecule has 0 heterocycles. The molecule has 0 unspecified atom stereocenters. The standard InChI is InChI=1S/C12H14N2O4/c13-11-7-8(14(16)17)5-6-10(11)12(15)18-9-3-1-2-4-9/h5-7,9H,1-4,13H2. The van der Waals surface area contributed by atoms with Gasteiger partial charge in [0.05, 0.1) is 16.2 Å². The molecule has 1 aromatic rings. The van der Waals surface area contributed by atoms with E-state index in [1.54, 1.807) is 0 Å². The molecule has 0 amide bonds. The number of non-ortho nitro benzene ring substituents is 1. The molecule has 1 aliphatic carbocycles. The number of carbonyl (C=O) groups is 1. The second kappa shape index (κ2) is 5.03. The van der Waals surface area contributed by atoms with Crippen LogP contribution in [0.2, 0.25) is 0 Å². The lowest BCUT2D eigenvalue weighted by molar-refractivity contribution is -0.384. The number of hydrogen-bond donors (Lipinski definition) is 1. The molecule has 96 valence electrons. The number of nitro groups is 1. The number of carbonyl (C=O) groups excluding carboxylic acids is 1. The maximum Gasteiger partial charge on any atom is 0.340 e. The van der Waals surface area contributed by atoms with E-state index in [2.05, 4.69) is 0 Å². The van der Waals surface area contributed by atoms with Gasteiger partial charge in [0.25, 0.3) is 5.69 Å². The Morgan fingerprint density at radius 2 is 2.06 bits per heavy atom. The third-order valence-corrected chi connectivity index (χ3v) is 3.04. The minimum absolute atomic E-state index is 0.0490. The first-order valence-electron chi connectivity index (χ1n) is 5.83. The second-order valence-electron chi connectivity index (χ2n) is 4.34. The van der Waals surface area contributed by atoms with Gasteiger partial charge >= 0.3 is 5.97 Å². The number of nitro benzene ring substituents is 1. The summed E-state index contributed by atoms with van der Waals surface area (Å²) in [6, 6.07) is 3.76. The van der Waals surface area contributed by atoms with Crippen LogP contribution in [0.25, 0.3) is 0 Å². The highest BCUT2D eigenvalue weighted by atomic mass is 16.6. The van der Waals surface area contributed by atoms with Crippen LogP contribution in [-0.2, 0) is 4.74 Å². The lowest BCUT2D eigenvalue weighted by Gasteiger charge is -2.12. The van der Waals surface area contributed by atoms with Gasteiger partial charge in [0.2, 0.25) is 0 Å². The number of benzene rings is 1. The summed E-state index contributed by atoms with van der Waals surface area (Å²) in [6.07, 6.45) is 3.82. The first-order chi connectivity index (χ1) is 8.58. The van der Waals surface area contributed by atoms with Crippen LogP contribution in [0.4, 0.5) is 11.4 Å². The summed E-state index contributed by atoms with van der Waals surface area (Å²) in [6.45, 7) is 0. The summed E-state index contributed by atoms with van der Waals surface area (Å²) in [5, 5.41) is 10.5. The highest BCUT2D eigenvalue weighted by Gasteiger charge is 2.22. The van der Waals surface area contributed by atoms with Crippen LogP contribution in [-0.4, -0.2) is 17.0 Å². The molecule has 0 atom stereocenters. The average molecular weight is 250 g/mol. The van der Waals surface area contributed by atoms with Gasteiger partial charge in [-0.3, -0.25) is 10.1 Å². The number of nitrogens with zero attached hydrogens (tertiary/aromatic N) is 1. The van der Waals surface area contributed by atoms with Gasteiger partial charge in [0.1, 0.15) is 6.10 Å². The van der Waals surface area contributed by atoms with Crippen molar-refractivity contribution >= 4 is 17.3 Å². The molecular formula is C12H14N2O4. The molecule has 0 aliphatic heterocycles. The molecule has 1 fully saturated rings. The fourth-order valence-electron chi connectivity index (χ4n) is 2.07. The zero-order chi connectivity index (χ0) is 13.1. The maximum absolute atomic E-state index is 11.8. The number of hydrogen-bond acceptors (Lipinski definition) is 5. The number of ether oxygens (including phenoxy) is 1. The molecular weight excluding hydrogens is 236 g/mol. The van der Waals surface area contributed by atoms with Crippen molar-refractivity contribution in [3.63, 3.8) is 0 Å². The molecule has 0 radical (unpaired) electrons. The molecule has 0 aromatic heterocycles. The van der Waals surface area contributed by atoms with Crippen LogP contribution in [0, 0.1) is 10.1 Å². The Balaban J connectivity index is 2.12. The molecule has 6 nitrogen and oxygen atoms in total. The minimum Gasteiger partial charge on any atom is -0.459 e. The van der Waals surface area contributed by atoms with Crippen molar-refractivity contribution in [1.29, 1.82) is 0 Å². The zero-order valence-corrected chi connectivity index (χ0v) is 9.80. The van der Waals surface area contributed by atoms with E-state index in [1.165, 1.54) is 18.2 Å². The van der Waals surface area contributed by atoms with Gasteiger partial charge in [-0.2, -0.15) is 0 Å². The fraction of sp³-hybridized carbons (Fsp3) is 0.417. The summed E-state index contributed by atoms with van der Waals surface area (Å²) in [4.78, 5) is 21.8. The third-order valence-electron chi connectivity index (χ3n) is 3.04. The first-order valence-corrected chi connectivity index (χ1v) is 5.83. The Morgan fingerprint density at radius 1 is 1.39 bits per heavy atom. The van der Waals surface area contributed by atoms with Gasteiger partial charge in [-0.15, -0.1) is 0 Å². The van der Waals surface area contributed by atoms with Crippen LogP contribution in [0.15, 0.2) is 18.2 Å². The molecule has 6 heteroatoms. The highest BCUT2D eigenvalue weighted by molar-refractivity contribution is 5.95. The molecule has 18 heavy (non-hydrogen) atoms. The SMILES string of the molecule is Nc1cc([N+](=O)[O-])ccc1C(=O)OC1CCCC1. The summed E-state index contributed by atoms with van der Waals surface area (Å²) < 4.78 is 5.29. The van der Waals surface area contributed by atoms with E-state index >= 15 is 0 Å². The molecule has 1 aromatic carbocycles. The van der Waals surface area contributed by atoms with Crippen molar-refractivity contribution in [2.24, 2.45) is 0 Å². The highest BCUT2D eigenvalue weighted by Crippen LogP contribution is 2.25. The van der Waals surface area contributed by atoms with E-state index in [9.17, 15) is 14.9 Å². The molecule has 1 aliphatic rings. The van der Waals surface area contributed by atoms with Gasteiger partial charge in [-0.25, -0.2) is 4.79 Å². The van der Waals surface area contributed by atoms with Gasteiger partial charge in [0, 0.05) is 12.1 Å². The van der Waals surface area contributed by atoms with Crippen molar-refractivity contribution in [2.45, 2.75) is 31.8 Å². The Kier molecular flexibility index (Phi) is 3.45. The number of esters is 1. The second-order valence-corrected chi connectivity index (χ2v) is 4.34. The Morgan fingerprint density at radius 3 is 2.61 bits per heavy atom. The molecule has 2 rings (SSSR count). The maximum atomic E-state index is 11.8. The quantitative estimate of drug-likeness (QED) is 0.384. The van der Waals surface area contributed by atoms with Crippen molar-refractivity contribution in [3.8, 4) is 0 Å². The Bertz CT molecular complexity index is 481. The van der Waals surface area contributed by atoms with E-state index in [1.807, 2.05) is 0 Å². The minimum atomic E-state index is -0.553. The summed E-state index contributed by atoms with van der Waals surface area (Å²) in [7, 11) is 0. The molecule has 0 bridgehead atoms. The van der Waals surface area contributed by atoms with Crippen molar-refractivity contribution in [3.05, 3.63) is 33.9 Å². The van der Waals surface area contributed by atoms with Gasteiger partial charge in [-0.1, -0.05) is 0 Å². The average Bonchev–Trinajstić information content (AvgIpc) is 2.81. The normalized spacial score (nSPS) is 15.6. The van der Waals surface area contributed by atoms with Crippen LogP contribution in [0.5, 0.6) is 0 Å². The number of anilines is 1. The molecule has 0 spiro atoms. The Labute approximate surface area is 104 Å². The van der Waals surface area contributed by atoms with Gasteiger partial charge in [-0.05, 0) is 31.7 Å². The monoisotopic (exact) mass is 250 g/mol. The van der Waals surface area contributed by atoms with E-state index < -0.39 is 10.9 Å². The smallest absolute Gasteiger partial charge is 0.340 e. The fourth-order valence-corrected chi connectivity index (χ4v) is 2.07. The summed E-state index contributed by atoms with van der Waals surface area (Å²) >= 11 is 0. The lowest BCUT2D eigenvalue weighted by Crippen LogP contribution is -2.16. The molecule has 1 saturated carbocycles. The van der Waals surface area contributed by atoms with E-state index in [-0.39, 0.29) is 23.0 Å². The van der Waals surface area contributed by atoms with Gasteiger partial charge in [0.15, 0.2) is 0 Å². The molecule has 2 N–H and O–H groups in total. The topological polar surface area (TPSA) is 95.5 Å². The summed E-state index contributed by atoms with van der Waals surface area (Å²) in [5.41, 5.74) is 5.76. The third kappa shape index (κ3) is 2.58. The number of rotatable bonds is 3. The lowest BCUT2D eigenvalue weighted by atomic mass is 10.1. The Hall–Kier alpha value is -2.11. The summed E-state index contributed by atoms with van der Waals surface area (Å²) in [5.74, 6) is -0.505. The van der Waals surface area contributed by atoms with E-state index in [4.69, 9.17) is 10.5 Å². The van der Waals surface area contributed by atoms with Crippen molar-refractivity contribution < 1.29 is 14.5 Å². The number of nitrogen functional groups attached to an aromatic ring is 1. The predicted octanol–water partition coefficient (Wildman–Crippen LogP) is 2.28. The van der Waals surface area contributed by atoms with Crippen molar-refractivity contribution in [1.82, 2.24) is 0 Å². The van der Waals surface area contributed by atoms with E-state index in [0.29, 0.717) is 0 Å². The predicted molar refractivity (Wildman–Crippen MR) is 65.2 cm³/mol. The van der Waals surface area contributed by atoms with E-state index in [0.717, 1.165) is 25.7 Å².